The SMILES string of the molecule is COC(=O)C(=O)/C=C(\O)c1ccns1. The van der Waals surface area contributed by atoms with Crippen LogP contribution in [0.2, 0.25) is 0 Å². The monoisotopic (exact) mass is 213 g/mol. The molecule has 0 saturated heterocycles. The summed E-state index contributed by atoms with van der Waals surface area (Å²) in [4.78, 5) is 22.0. The number of nitrogens with zero attached hydrogens (tertiary/aromatic N) is 1. The second kappa shape index (κ2) is 4.52. The largest absolute Gasteiger partial charge is 0.506 e. The van der Waals surface area contributed by atoms with Gasteiger partial charge in [-0.05, 0) is 17.6 Å². The predicted octanol–water partition coefficient (Wildman–Crippen LogP) is 0.784. The number of ether oxygens (including phenoxy) is 1. The summed E-state index contributed by atoms with van der Waals surface area (Å²) in [6.07, 6.45) is 2.28. The first-order chi connectivity index (χ1) is 6.65. The van der Waals surface area contributed by atoms with E-state index in [4.69, 9.17) is 0 Å². The van der Waals surface area contributed by atoms with E-state index in [1.807, 2.05) is 0 Å². The molecule has 0 aliphatic rings. The minimum atomic E-state index is -1.01. The Morgan fingerprint density at radius 1 is 1.64 bits per heavy atom. The molecule has 1 aromatic rings. The van der Waals surface area contributed by atoms with Crippen molar-refractivity contribution in [3.05, 3.63) is 23.2 Å². The van der Waals surface area contributed by atoms with E-state index < -0.39 is 11.8 Å². The zero-order valence-corrected chi connectivity index (χ0v) is 8.08. The van der Waals surface area contributed by atoms with Gasteiger partial charge in [0.05, 0.1) is 12.0 Å². The van der Waals surface area contributed by atoms with Gasteiger partial charge in [0.1, 0.15) is 5.76 Å². The molecule has 0 atom stereocenters. The summed E-state index contributed by atoms with van der Waals surface area (Å²) in [6, 6.07) is 1.53. The number of ketones is 1. The van der Waals surface area contributed by atoms with Crippen molar-refractivity contribution in [2.24, 2.45) is 0 Å². The lowest BCUT2D eigenvalue weighted by Gasteiger charge is -1.94. The first-order valence-electron chi connectivity index (χ1n) is 3.59. The van der Waals surface area contributed by atoms with Crippen LogP contribution in [0.15, 0.2) is 18.3 Å². The Morgan fingerprint density at radius 3 is 2.86 bits per heavy atom. The standard InChI is InChI=1S/C8H7NO4S/c1-13-8(12)6(11)4-5(10)7-2-3-9-14-7/h2-4,10H,1H3/b5-4-. The normalized spacial score (nSPS) is 11.1. The van der Waals surface area contributed by atoms with Gasteiger partial charge < -0.3 is 9.84 Å². The molecular weight excluding hydrogens is 206 g/mol. The zero-order valence-electron chi connectivity index (χ0n) is 7.26. The van der Waals surface area contributed by atoms with Crippen LogP contribution in [0.1, 0.15) is 4.88 Å². The number of carbonyl (C=O) groups is 2. The maximum Gasteiger partial charge on any atom is 0.378 e. The Morgan fingerprint density at radius 2 is 2.36 bits per heavy atom. The number of carbonyl (C=O) groups excluding carboxylic acids is 2. The van der Waals surface area contributed by atoms with Crippen LogP contribution in [0.3, 0.4) is 0 Å². The molecule has 0 fully saturated rings. The predicted molar refractivity (Wildman–Crippen MR) is 49.7 cm³/mol. The average Bonchev–Trinajstić information content (AvgIpc) is 2.69. The summed E-state index contributed by atoms with van der Waals surface area (Å²) in [6.45, 7) is 0. The van der Waals surface area contributed by atoms with Crippen LogP contribution in [0.4, 0.5) is 0 Å². The number of hydrogen-bond acceptors (Lipinski definition) is 6. The van der Waals surface area contributed by atoms with Crippen LogP contribution in [-0.2, 0) is 14.3 Å². The molecule has 14 heavy (non-hydrogen) atoms. The molecule has 0 saturated carbocycles. The highest BCUT2D eigenvalue weighted by Gasteiger charge is 2.13. The fourth-order valence-corrected chi connectivity index (χ4v) is 1.21. The van der Waals surface area contributed by atoms with Crippen LogP contribution < -0.4 is 0 Å². The molecule has 74 valence electrons. The van der Waals surface area contributed by atoms with E-state index >= 15 is 0 Å². The third-order valence-corrected chi connectivity index (χ3v) is 2.11. The molecule has 0 unspecified atom stereocenters. The smallest absolute Gasteiger partial charge is 0.378 e. The Bertz CT molecular complexity index is 369. The molecule has 1 N–H and O–H groups in total. The van der Waals surface area contributed by atoms with E-state index in [0.29, 0.717) is 4.88 Å². The Balaban J connectivity index is 2.79. The number of aliphatic hydroxyl groups is 1. The van der Waals surface area contributed by atoms with Gasteiger partial charge in [0, 0.05) is 12.3 Å². The third-order valence-electron chi connectivity index (χ3n) is 1.34. The molecule has 0 aliphatic heterocycles. The van der Waals surface area contributed by atoms with Crippen molar-refractivity contribution >= 4 is 29.0 Å². The summed E-state index contributed by atoms with van der Waals surface area (Å²) in [5.74, 6) is -2.21. The third kappa shape index (κ3) is 2.40. The lowest BCUT2D eigenvalue weighted by atomic mass is 10.3. The second-order valence-corrected chi connectivity index (χ2v) is 3.10. The number of aromatic nitrogens is 1. The molecule has 0 spiro atoms. The number of methoxy groups -OCH3 is 1. The van der Waals surface area contributed by atoms with Crippen molar-refractivity contribution in [2.45, 2.75) is 0 Å². The van der Waals surface area contributed by atoms with Crippen molar-refractivity contribution in [3.8, 4) is 0 Å². The molecule has 0 amide bonds. The minimum Gasteiger partial charge on any atom is -0.506 e. The van der Waals surface area contributed by atoms with E-state index in [1.165, 1.54) is 12.3 Å². The fourth-order valence-electron chi connectivity index (χ4n) is 0.703. The van der Waals surface area contributed by atoms with Gasteiger partial charge in [0.25, 0.3) is 5.78 Å². The highest BCUT2D eigenvalue weighted by molar-refractivity contribution is 7.06. The quantitative estimate of drug-likeness (QED) is 0.347. The van der Waals surface area contributed by atoms with Crippen molar-refractivity contribution in [2.75, 3.05) is 7.11 Å². The van der Waals surface area contributed by atoms with Gasteiger partial charge in [-0.3, -0.25) is 4.79 Å². The van der Waals surface area contributed by atoms with E-state index in [9.17, 15) is 14.7 Å². The Hall–Kier alpha value is -1.69. The van der Waals surface area contributed by atoms with Gasteiger partial charge >= 0.3 is 5.97 Å². The summed E-state index contributed by atoms with van der Waals surface area (Å²) >= 11 is 1.02. The minimum absolute atomic E-state index is 0.289. The molecule has 1 aromatic heterocycles. The van der Waals surface area contributed by atoms with Gasteiger partial charge in [-0.1, -0.05) is 0 Å². The summed E-state index contributed by atoms with van der Waals surface area (Å²) in [5, 5.41) is 9.33. The first-order valence-corrected chi connectivity index (χ1v) is 4.36. The van der Waals surface area contributed by atoms with Gasteiger partial charge in [-0.15, -0.1) is 0 Å². The lowest BCUT2D eigenvalue weighted by molar-refractivity contribution is -0.149. The lowest BCUT2D eigenvalue weighted by Crippen LogP contribution is -2.12. The maximum atomic E-state index is 11.0. The molecule has 1 heterocycles. The second-order valence-electron chi connectivity index (χ2n) is 2.26. The average molecular weight is 213 g/mol. The molecule has 1 rings (SSSR count). The van der Waals surface area contributed by atoms with E-state index in [1.54, 1.807) is 0 Å². The summed E-state index contributed by atoms with van der Waals surface area (Å²) in [7, 11) is 1.10. The fraction of sp³-hybridized carbons (Fsp3) is 0.125. The van der Waals surface area contributed by atoms with Crippen LogP contribution >= 0.6 is 11.5 Å². The topological polar surface area (TPSA) is 76.5 Å². The summed E-state index contributed by atoms with van der Waals surface area (Å²) < 4.78 is 7.90. The van der Waals surface area contributed by atoms with Crippen molar-refractivity contribution in [1.82, 2.24) is 4.37 Å². The van der Waals surface area contributed by atoms with Gasteiger partial charge in [-0.2, -0.15) is 0 Å². The number of rotatable bonds is 3. The van der Waals surface area contributed by atoms with Crippen molar-refractivity contribution < 1.29 is 19.4 Å². The van der Waals surface area contributed by atoms with Crippen molar-refractivity contribution in [3.63, 3.8) is 0 Å². The van der Waals surface area contributed by atoms with Crippen molar-refractivity contribution in [1.29, 1.82) is 0 Å². The van der Waals surface area contributed by atoms with Crippen LogP contribution in [0, 0.1) is 0 Å². The van der Waals surface area contributed by atoms with E-state index in [-0.39, 0.29) is 5.76 Å². The van der Waals surface area contributed by atoms with Crippen LogP contribution in [-0.4, -0.2) is 28.3 Å². The molecule has 0 bridgehead atoms. The maximum absolute atomic E-state index is 11.0. The highest BCUT2D eigenvalue weighted by Crippen LogP contribution is 2.14. The van der Waals surface area contributed by atoms with Crippen LogP contribution in [0.5, 0.6) is 0 Å². The number of aliphatic hydroxyl groups excluding tert-OH is 1. The first kappa shape index (κ1) is 10.4. The Labute approximate surface area is 83.8 Å². The van der Waals surface area contributed by atoms with Gasteiger partial charge in [0.15, 0.2) is 0 Å². The van der Waals surface area contributed by atoms with E-state index in [0.717, 1.165) is 24.7 Å². The Kier molecular flexibility index (Phi) is 3.35. The molecule has 5 nitrogen and oxygen atoms in total. The number of hydrogen-bond donors (Lipinski definition) is 1. The molecule has 0 radical (unpaired) electrons. The highest BCUT2D eigenvalue weighted by atomic mass is 32.1. The molecular formula is C8H7NO4S. The molecule has 0 aromatic carbocycles. The van der Waals surface area contributed by atoms with Gasteiger partial charge in [-0.25, -0.2) is 9.17 Å². The molecule has 0 aliphatic carbocycles. The molecule has 6 heteroatoms. The number of esters is 1. The zero-order chi connectivity index (χ0) is 10.6. The van der Waals surface area contributed by atoms with E-state index in [2.05, 4.69) is 9.11 Å². The summed E-state index contributed by atoms with van der Waals surface area (Å²) in [5.41, 5.74) is 0. The van der Waals surface area contributed by atoms with Crippen LogP contribution in [0.25, 0.3) is 5.76 Å². The van der Waals surface area contributed by atoms with Gasteiger partial charge in [0.2, 0.25) is 0 Å².